The number of benzene rings is 1. The zero-order chi connectivity index (χ0) is 15.8. The van der Waals surface area contributed by atoms with Crippen molar-refractivity contribution in [1.82, 2.24) is 5.32 Å². The van der Waals surface area contributed by atoms with E-state index in [-0.39, 0.29) is 17.5 Å². The maximum Gasteiger partial charge on any atom is 0.263 e. The maximum absolute atomic E-state index is 12.1. The molecule has 5 heteroatoms. The minimum Gasteiger partial charge on any atom is -0.495 e. The van der Waals surface area contributed by atoms with Gasteiger partial charge >= 0.3 is 0 Å². The Kier molecular flexibility index (Phi) is 5.84. The van der Waals surface area contributed by atoms with Crippen LogP contribution in [0.4, 0.5) is 5.69 Å². The van der Waals surface area contributed by atoms with Gasteiger partial charge in [-0.1, -0.05) is 31.4 Å². The first-order valence-electron chi connectivity index (χ1n) is 7.55. The Hall–Kier alpha value is -2.48. The molecule has 0 saturated heterocycles. The number of amides is 1. The van der Waals surface area contributed by atoms with E-state index in [0.29, 0.717) is 11.4 Å². The van der Waals surface area contributed by atoms with Crippen LogP contribution in [0.3, 0.4) is 0 Å². The van der Waals surface area contributed by atoms with Gasteiger partial charge in [0.15, 0.2) is 0 Å². The lowest BCUT2D eigenvalue weighted by Crippen LogP contribution is -2.37. The average molecular weight is 299 g/mol. The molecule has 0 heterocycles. The number of rotatable bonds is 5. The third-order valence-corrected chi connectivity index (χ3v) is 3.78. The second-order valence-corrected chi connectivity index (χ2v) is 5.32. The van der Waals surface area contributed by atoms with E-state index in [2.05, 4.69) is 10.6 Å². The SMILES string of the molecule is COc1ccccc1N/C=C(/C#N)C(=O)NC1CCCCC1. The molecule has 0 aromatic heterocycles. The Morgan fingerprint density at radius 2 is 2.05 bits per heavy atom. The highest BCUT2D eigenvalue weighted by atomic mass is 16.5. The van der Waals surface area contributed by atoms with Crippen molar-refractivity contribution in [3.8, 4) is 11.8 Å². The summed E-state index contributed by atoms with van der Waals surface area (Å²) in [4.78, 5) is 12.1. The van der Waals surface area contributed by atoms with Crippen LogP contribution in [-0.4, -0.2) is 19.1 Å². The standard InChI is InChI=1S/C17H21N3O2/c1-22-16-10-6-5-9-15(16)19-12-13(11-18)17(21)20-14-7-3-2-4-8-14/h5-6,9-10,12,14,19H,2-4,7-8H2,1H3,(H,20,21)/b13-12-. The molecule has 0 radical (unpaired) electrons. The van der Waals surface area contributed by atoms with Crippen molar-refractivity contribution in [3.63, 3.8) is 0 Å². The number of nitrogens with one attached hydrogen (secondary N) is 2. The van der Waals surface area contributed by atoms with Gasteiger partial charge in [-0.05, 0) is 25.0 Å². The fraction of sp³-hybridized carbons (Fsp3) is 0.412. The Labute approximate surface area is 131 Å². The monoisotopic (exact) mass is 299 g/mol. The van der Waals surface area contributed by atoms with Crippen molar-refractivity contribution in [2.24, 2.45) is 0 Å². The molecule has 1 saturated carbocycles. The molecule has 1 amide bonds. The van der Waals surface area contributed by atoms with Crippen molar-refractivity contribution < 1.29 is 9.53 Å². The van der Waals surface area contributed by atoms with Crippen LogP contribution >= 0.6 is 0 Å². The molecule has 2 N–H and O–H groups in total. The molecule has 1 aromatic rings. The van der Waals surface area contributed by atoms with Gasteiger partial charge in [-0.25, -0.2) is 0 Å². The smallest absolute Gasteiger partial charge is 0.263 e. The van der Waals surface area contributed by atoms with Crippen LogP contribution < -0.4 is 15.4 Å². The Morgan fingerprint density at radius 3 is 2.73 bits per heavy atom. The quantitative estimate of drug-likeness (QED) is 0.647. The first-order chi connectivity index (χ1) is 10.7. The average Bonchev–Trinajstić information content (AvgIpc) is 2.56. The third kappa shape index (κ3) is 4.26. The number of carbonyl (C=O) groups excluding carboxylic acids is 1. The zero-order valence-electron chi connectivity index (χ0n) is 12.8. The largest absolute Gasteiger partial charge is 0.495 e. The summed E-state index contributed by atoms with van der Waals surface area (Å²) in [5.41, 5.74) is 0.777. The second-order valence-electron chi connectivity index (χ2n) is 5.32. The Bertz CT molecular complexity index is 584. The van der Waals surface area contributed by atoms with Crippen LogP contribution in [0.1, 0.15) is 32.1 Å². The van der Waals surface area contributed by atoms with Gasteiger partial charge in [0.25, 0.3) is 5.91 Å². The van der Waals surface area contributed by atoms with Gasteiger partial charge in [-0.3, -0.25) is 4.79 Å². The first kappa shape index (κ1) is 15.9. The third-order valence-electron chi connectivity index (χ3n) is 3.78. The molecule has 1 fully saturated rings. The van der Waals surface area contributed by atoms with Crippen molar-refractivity contribution >= 4 is 11.6 Å². The molecular weight excluding hydrogens is 278 g/mol. The molecule has 1 aliphatic rings. The lowest BCUT2D eigenvalue weighted by molar-refractivity contribution is -0.118. The van der Waals surface area contributed by atoms with Crippen LogP contribution in [0.25, 0.3) is 0 Å². The second kappa shape index (κ2) is 8.08. The number of anilines is 1. The van der Waals surface area contributed by atoms with E-state index in [4.69, 9.17) is 4.74 Å². The number of nitrogens with zero attached hydrogens (tertiary/aromatic N) is 1. The molecular formula is C17H21N3O2. The van der Waals surface area contributed by atoms with Gasteiger partial charge in [0, 0.05) is 12.2 Å². The summed E-state index contributed by atoms with van der Waals surface area (Å²) in [5.74, 6) is 0.334. The predicted octanol–water partition coefficient (Wildman–Crippen LogP) is 2.96. The zero-order valence-corrected chi connectivity index (χ0v) is 12.8. The van der Waals surface area contributed by atoms with Gasteiger partial charge in [0.1, 0.15) is 17.4 Å². The van der Waals surface area contributed by atoms with Gasteiger partial charge in [0.05, 0.1) is 12.8 Å². The van der Waals surface area contributed by atoms with Crippen molar-refractivity contribution in [2.75, 3.05) is 12.4 Å². The Balaban J connectivity index is 2.00. The minimum absolute atomic E-state index is 0.0662. The van der Waals surface area contributed by atoms with Crippen LogP contribution in [0.2, 0.25) is 0 Å². The highest BCUT2D eigenvalue weighted by Crippen LogP contribution is 2.23. The summed E-state index contributed by atoms with van der Waals surface area (Å²) in [5, 5.41) is 15.1. The minimum atomic E-state index is -0.322. The fourth-order valence-electron chi connectivity index (χ4n) is 2.57. The van der Waals surface area contributed by atoms with Gasteiger partial charge in [-0.2, -0.15) is 5.26 Å². The molecule has 2 rings (SSSR count). The fourth-order valence-corrected chi connectivity index (χ4v) is 2.57. The summed E-state index contributed by atoms with van der Waals surface area (Å²) in [6.07, 6.45) is 6.90. The normalized spacial score (nSPS) is 15.7. The number of carbonyl (C=O) groups is 1. The van der Waals surface area contributed by atoms with E-state index in [1.807, 2.05) is 30.3 Å². The maximum atomic E-state index is 12.1. The topological polar surface area (TPSA) is 74.1 Å². The van der Waals surface area contributed by atoms with E-state index in [1.54, 1.807) is 7.11 Å². The van der Waals surface area contributed by atoms with Crippen molar-refractivity contribution in [1.29, 1.82) is 5.26 Å². The lowest BCUT2D eigenvalue weighted by Gasteiger charge is -2.22. The number of ether oxygens (including phenoxy) is 1. The summed E-state index contributed by atoms with van der Waals surface area (Å²) >= 11 is 0. The van der Waals surface area contributed by atoms with Crippen LogP contribution in [0.15, 0.2) is 36.0 Å². The molecule has 0 bridgehead atoms. The number of methoxy groups -OCH3 is 1. The molecule has 0 spiro atoms. The van der Waals surface area contributed by atoms with E-state index < -0.39 is 0 Å². The highest BCUT2D eigenvalue weighted by molar-refractivity contribution is 5.97. The summed E-state index contributed by atoms with van der Waals surface area (Å²) in [6.45, 7) is 0. The van der Waals surface area contributed by atoms with E-state index in [0.717, 1.165) is 25.7 Å². The van der Waals surface area contributed by atoms with Gasteiger partial charge in [-0.15, -0.1) is 0 Å². The lowest BCUT2D eigenvalue weighted by atomic mass is 9.95. The van der Waals surface area contributed by atoms with Crippen molar-refractivity contribution in [2.45, 2.75) is 38.1 Å². The molecule has 22 heavy (non-hydrogen) atoms. The number of hydrogen-bond donors (Lipinski definition) is 2. The molecule has 5 nitrogen and oxygen atoms in total. The number of nitriles is 1. The van der Waals surface area contributed by atoms with Gasteiger partial charge in [0.2, 0.25) is 0 Å². The number of hydrogen-bond acceptors (Lipinski definition) is 4. The van der Waals surface area contributed by atoms with Gasteiger partial charge < -0.3 is 15.4 Å². The molecule has 1 aliphatic carbocycles. The van der Waals surface area contributed by atoms with Crippen LogP contribution in [0.5, 0.6) is 5.75 Å². The van der Waals surface area contributed by atoms with E-state index >= 15 is 0 Å². The van der Waals surface area contributed by atoms with E-state index in [9.17, 15) is 10.1 Å². The predicted molar refractivity (Wildman–Crippen MR) is 85.3 cm³/mol. The first-order valence-corrected chi connectivity index (χ1v) is 7.55. The molecule has 0 atom stereocenters. The summed E-state index contributed by atoms with van der Waals surface area (Å²) in [6, 6.07) is 9.47. The molecule has 116 valence electrons. The Morgan fingerprint density at radius 1 is 1.32 bits per heavy atom. The van der Waals surface area contributed by atoms with Crippen LogP contribution in [0, 0.1) is 11.3 Å². The van der Waals surface area contributed by atoms with E-state index in [1.165, 1.54) is 12.6 Å². The number of para-hydroxylation sites is 2. The molecule has 0 unspecified atom stereocenters. The van der Waals surface area contributed by atoms with Crippen molar-refractivity contribution in [3.05, 3.63) is 36.0 Å². The van der Waals surface area contributed by atoms with Crippen LogP contribution in [-0.2, 0) is 4.79 Å². The summed E-state index contributed by atoms with van der Waals surface area (Å²) < 4.78 is 5.22. The molecule has 0 aliphatic heterocycles. The molecule has 1 aromatic carbocycles. The highest BCUT2D eigenvalue weighted by Gasteiger charge is 2.18. The summed E-state index contributed by atoms with van der Waals surface area (Å²) in [7, 11) is 1.57.